The lowest BCUT2D eigenvalue weighted by molar-refractivity contribution is 0.0954. The maximum atomic E-state index is 12.2. The van der Waals surface area contributed by atoms with E-state index in [-0.39, 0.29) is 5.91 Å². The van der Waals surface area contributed by atoms with Crippen molar-refractivity contribution in [2.24, 2.45) is 5.10 Å². The molecule has 0 saturated heterocycles. The van der Waals surface area contributed by atoms with Crippen LogP contribution >= 0.6 is 0 Å². The summed E-state index contributed by atoms with van der Waals surface area (Å²) in [7, 11) is 0. The monoisotopic (exact) mass is 318 g/mol. The molecule has 1 aromatic heterocycles. The topological polar surface area (TPSA) is 59.3 Å². The highest BCUT2D eigenvalue weighted by atomic mass is 16.2. The van der Waals surface area contributed by atoms with Crippen molar-refractivity contribution in [3.8, 4) is 5.69 Å². The second kappa shape index (κ2) is 6.91. The summed E-state index contributed by atoms with van der Waals surface area (Å²) in [6.07, 6.45) is 5.37. The van der Waals surface area contributed by atoms with Gasteiger partial charge in [0.15, 0.2) is 0 Å². The molecule has 0 spiro atoms. The highest BCUT2D eigenvalue weighted by molar-refractivity contribution is 6.01. The third-order valence-electron chi connectivity index (χ3n) is 3.80. The van der Waals surface area contributed by atoms with E-state index in [4.69, 9.17) is 0 Å². The molecular formula is C19H18N4O. The maximum absolute atomic E-state index is 12.2. The van der Waals surface area contributed by atoms with Crippen LogP contribution < -0.4 is 5.43 Å². The molecular weight excluding hydrogens is 300 g/mol. The van der Waals surface area contributed by atoms with Gasteiger partial charge in [0, 0.05) is 23.6 Å². The summed E-state index contributed by atoms with van der Waals surface area (Å²) in [5.41, 5.74) is 6.88. The molecule has 3 aromatic rings. The Morgan fingerprint density at radius 3 is 2.54 bits per heavy atom. The average molecular weight is 318 g/mol. The number of benzene rings is 2. The SMILES string of the molecule is C/C(=N/NC(=O)c1ccccc1C)c1ccc(-n2ccnc2)cc1. The summed E-state index contributed by atoms with van der Waals surface area (Å²) in [6.45, 7) is 3.77. The molecule has 1 heterocycles. The minimum Gasteiger partial charge on any atom is -0.306 e. The van der Waals surface area contributed by atoms with Gasteiger partial charge in [-0.25, -0.2) is 10.4 Å². The highest BCUT2D eigenvalue weighted by Gasteiger charge is 2.07. The Kier molecular flexibility index (Phi) is 4.52. The summed E-state index contributed by atoms with van der Waals surface area (Å²) in [5, 5.41) is 4.20. The van der Waals surface area contributed by atoms with Crippen molar-refractivity contribution in [3.63, 3.8) is 0 Å². The van der Waals surface area contributed by atoms with Gasteiger partial charge in [-0.1, -0.05) is 30.3 Å². The van der Waals surface area contributed by atoms with Gasteiger partial charge in [-0.2, -0.15) is 5.10 Å². The summed E-state index contributed by atoms with van der Waals surface area (Å²) < 4.78 is 1.93. The molecule has 24 heavy (non-hydrogen) atoms. The normalized spacial score (nSPS) is 11.3. The molecule has 5 nitrogen and oxygen atoms in total. The lowest BCUT2D eigenvalue weighted by Crippen LogP contribution is -2.20. The lowest BCUT2D eigenvalue weighted by atomic mass is 10.1. The van der Waals surface area contributed by atoms with Gasteiger partial charge in [0.1, 0.15) is 0 Å². The fourth-order valence-electron chi connectivity index (χ4n) is 2.37. The standard InChI is InChI=1S/C19H18N4O/c1-14-5-3-4-6-18(14)19(24)22-21-15(2)16-7-9-17(10-8-16)23-12-11-20-13-23/h3-13H,1-2H3,(H,22,24)/b21-15-. The number of aromatic nitrogens is 2. The van der Waals surface area contributed by atoms with Crippen LogP contribution in [0.25, 0.3) is 5.69 Å². The zero-order chi connectivity index (χ0) is 16.9. The third kappa shape index (κ3) is 3.41. The van der Waals surface area contributed by atoms with Crippen molar-refractivity contribution >= 4 is 11.6 Å². The van der Waals surface area contributed by atoms with E-state index in [1.54, 1.807) is 18.6 Å². The first-order chi connectivity index (χ1) is 11.6. The third-order valence-corrected chi connectivity index (χ3v) is 3.80. The number of hydrazone groups is 1. The van der Waals surface area contributed by atoms with Gasteiger partial charge < -0.3 is 4.57 Å². The van der Waals surface area contributed by atoms with Gasteiger partial charge in [-0.15, -0.1) is 0 Å². The van der Waals surface area contributed by atoms with Crippen LogP contribution in [0.2, 0.25) is 0 Å². The number of hydrogen-bond acceptors (Lipinski definition) is 3. The van der Waals surface area contributed by atoms with E-state index in [0.717, 1.165) is 22.5 Å². The Morgan fingerprint density at radius 2 is 1.88 bits per heavy atom. The molecule has 0 aliphatic heterocycles. The van der Waals surface area contributed by atoms with Gasteiger partial charge in [-0.05, 0) is 43.2 Å². The Labute approximate surface area is 140 Å². The number of nitrogens with one attached hydrogen (secondary N) is 1. The number of aryl methyl sites for hydroxylation is 1. The van der Waals surface area contributed by atoms with Crippen LogP contribution in [0.1, 0.15) is 28.4 Å². The van der Waals surface area contributed by atoms with Gasteiger partial charge in [0.25, 0.3) is 5.91 Å². The number of carbonyl (C=O) groups is 1. The highest BCUT2D eigenvalue weighted by Crippen LogP contribution is 2.10. The Morgan fingerprint density at radius 1 is 1.12 bits per heavy atom. The molecule has 3 rings (SSSR count). The molecule has 0 saturated carbocycles. The minimum absolute atomic E-state index is 0.206. The van der Waals surface area contributed by atoms with Crippen molar-refractivity contribution < 1.29 is 4.79 Å². The summed E-state index contributed by atoms with van der Waals surface area (Å²) >= 11 is 0. The number of rotatable bonds is 4. The van der Waals surface area contributed by atoms with Gasteiger partial charge in [-0.3, -0.25) is 4.79 Å². The first kappa shape index (κ1) is 15.7. The zero-order valence-electron chi connectivity index (χ0n) is 13.6. The molecule has 0 unspecified atom stereocenters. The van der Waals surface area contributed by atoms with Crippen LogP contribution in [-0.2, 0) is 0 Å². The van der Waals surface area contributed by atoms with E-state index in [2.05, 4.69) is 15.5 Å². The summed E-state index contributed by atoms with van der Waals surface area (Å²) in [4.78, 5) is 16.2. The maximum Gasteiger partial charge on any atom is 0.271 e. The van der Waals surface area contributed by atoms with E-state index in [1.807, 2.05) is 67.1 Å². The number of nitrogens with zero attached hydrogens (tertiary/aromatic N) is 3. The summed E-state index contributed by atoms with van der Waals surface area (Å²) in [5.74, 6) is -0.206. The molecule has 1 N–H and O–H groups in total. The molecule has 0 aliphatic carbocycles. The van der Waals surface area contributed by atoms with Crippen LogP contribution in [0.15, 0.2) is 72.4 Å². The number of hydrogen-bond donors (Lipinski definition) is 1. The smallest absolute Gasteiger partial charge is 0.271 e. The zero-order valence-corrected chi connectivity index (χ0v) is 13.6. The number of amides is 1. The molecule has 2 aromatic carbocycles. The fourth-order valence-corrected chi connectivity index (χ4v) is 2.37. The second-order valence-corrected chi connectivity index (χ2v) is 5.47. The molecule has 0 radical (unpaired) electrons. The quantitative estimate of drug-likeness (QED) is 0.592. The van der Waals surface area contributed by atoms with Gasteiger partial charge in [0.05, 0.1) is 12.0 Å². The molecule has 1 amide bonds. The average Bonchev–Trinajstić information content (AvgIpc) is 3.14. The van der Waals surface area contributed by atoms with Crippen LogP contribution in [-0.4, -0.2) is 21.2 Å². The first-order valence-electron chi connectivity index (χ1n) is 7.64. The molecule has 5 heteroatoms. The lowest BCUT2D eigenvalue weighted by Gasteiger charge is -2.06. The largest absolute Gasteiger partial charge is 0.306 e. The molecule has 0 aliphatic rings. The molecule has 0 fully saturated rings. The van der Waals surface area contributed by atoms with Crippen molar-refractivity contribution in [2.45, 2.75) is 13.8 Å². The minimum atomic E-state index is -0.206. The molecule has 120 valence electrons. The molecule has 0 atom stereocenters. The van der Waals surface area contributed by atoms with Gasteiger partial charge in [0.2, 0.25) is 0 Å². The van der Waals surface area contributed by atoms with E-state index < -0.39 is 0 Å². The van der Waals surface area contributed by atoms with Gasteiger partial charge >= 0.3 is 0 Å². The van der Waals surface area contributed by atoms with Crippen molar-refractivity contribution in [3.05, 3.63) is 83.9 Å². The number of imidazole rings is 1. The fraction of sp³-hybridized carbons (Fsp3) is 0.105. The van der Waals surface area contributed by atoms with Crippen molar-refractivity contribution in [1.29, 1.82) is 0 Å². The van der Waals surface area contributed by atoms with Crippen LogP contribution in [0.4, 0.5) is 0 Å². The van der Waals surface area contributed by atoms with E-state index in [0.29, 0.717) is 5.56 Å². The Bertz CT molecular complexity index is 865. The molecule has 0 bridgehead atoms. The van der Waals surface area contributed by atoms with E-state index in [9.17, 15) is 4.79 Å². The predicted octanol–water partition coefficient (Wildman–Crippen LogP) is 3.33. The Balaban J connectivity index is 1.72. The summed E-state index contributed by atoms with van der Waals surface area (Å²) in [6, 6.07) is 15.3. The van der Waals surface area contributed by atoms with Crippen molar-refractivity contribution in [2.75, 3.05) is 0 Å². The van der Waals surface area contributed by atoms with Crippen LogP contribution in [0.5, 0.6) is 0 Å². The van der Waals surface area contributed by atoms with Crippen LogP contribution in [0.3, 0.4) is 0 Å². The van der Waals surface area contributed by atoms with E-state index in [1.165, 1.54) is 0 Å². The first-order valence-corrected chi connectivity index (χ1v) is 7.64. The van der Waals surface area contributed by atoms with Crippen molar-refractivity contribution in [1.82, 2.24) is 15.0 Å². The Hall–Kier alpha value is -3.21. The van der Waals surface area contributed by atoms with E-state index >= 15 is 0 Å². The van der Waals surface area contributed by atoms with Crippen LogP contribution in [0, 0.1) is 6.92 Å². The number of carbonyl (C=O) groups excluding carboxylic acids is 1. The second-order valence-electron chi connectivity index (χ2n) is 5.47. The predicted molar refractivity (Wildman–Crippen MR) is 94.4 cm³/mol.